The Morgan fingerprint density at radius 2 is 2.00 bits per heavy atom. The quantitative estimate of drug-likeness (QED) is 0.329. The molecule has 1 N–H and O–H groups in total. The zero-order valence-electron chi connectivity index (χ0n) is 10.2. The van der Waals surface area contributed by atoms with E-state index in [9.17, 15) is 4.79 Å². The molecule has 0 amide bonds. The molecular formula is C11H23NO3S. The summed E-state index contributed by atoms with van der Waals surface area (Å²) in [6.07, 6.45) is 1.49. The summed E-state index contributed by atoms with van der Waals surface area (Å²) in [7, 11) is 0. The van der Waals surface area contributed by atoms with Crippen LogP contribution in [0, 0.1) is 0 Å². The Balaban J connectivity index is 3.01. The average Bonchev–Trinajstić information content (AvgIpc) is 2.26. The number of hydrogen-bond donors (Lipinski definition) is 2. The fraction of sp³-hybridized carbons (Fsp3) is 0.909. The third-order valence-corrected chi connectivity index (χ3v) is 2.12. The van der Waals surface area contributed by atoms with Crippen molar-refractivity contribution in [2.45, 2.75) is 32.1 Å². The molecule has 96 valence electrons. The number of Topliss-reactive ketones (excluding diaryl/α,β-unsaturated/α-hetero) is 1. The van der Waals surface area contributed by atoms with Crippen molar-refractivity contribution in [1.82, 2.24) is 5.32 Å². The van der Waals surface area contributed by atoms with Gasteiger partial charge in [0.05, 0.1) is 13.2 Å². The second-order valence-corrected chi connectivity index (χ2v) is 4.32. The maximum Gasteiger partial charge on any atom is 0.158 e. The Labute approximate surface area is 103 Å². The third kappa shape index (κ3) is 12.0. The van der Waals surface area contributed by atoms with Gasteiger partial charge in [0.2, 0.25) is 0 Å². The number of thiol groups is 1. The lowest BCUT2D eigenvalue weighted by atomic mass is 10.3. The standard InChI is InChI=1S/C11H23NO3S/c1-3-11(13)9-15-8-7-14-6-4-5-12-10(2)16/h10,12,16H,3-9H2,1-2H3. The Bertz CT molecular complexity index is 177. The molecule has 0 radical (unpaired) electrons. The summed E-state index contributed by atoms with van der Waals surface area (Å²) in [5, 5.41) is 3.40. The van der Waals surface area contributed by atoms with Gasteiger partial charge in [-0.3, -0.25) is 4.79 Å². The van der Waals surface area contributed by atoms with Crippen molar-refractivity contribution < 1.29 is 14.3 Å². The molecule has 0 aromatic heterocycles. The highest BCUT2D eigenvalue weighted by Crippen LogP contribution is 1.88. The van der Waals surface area contributed by atoms with Gasteiger partial charge in [0.1, 0.15) is 6.61 Å². The van der Waals surface area contributed by atoms with Crippen molar-refractivity contribution in [2.24, 2.45) is 0 Å². The highest BCUT2D eigenvalue weighted by atomic mass is 32.1. The van der Waals surface area contributed by atoms with E-state index in [1.165, 1.54) is 0 Å². The fourth-order valence-electron chi connectivity index (χ4n) is 0.993. The summed E-state index contributed by atoms with van der Waals surface area (Å²) in [6.45, 7) is 6.67. The van der Waals surface area contributed by atoms with Crippen LogP contribution in [0.25, 0.3) is 0 Å². The van der Waals surface area contributed by atoms with Crippen LogP contribution in [0.15, 0.2) is 0 Å². The minimum atomic E-state index is 0.131. The fourth-order valence-corrected chi connectivity index (χ4v) is 1.12. The molecule has 1 unspecified atom stereocenters. The summed E-state index contributed by atoms with van der Waals surface area (Å²) < 4.78 is 10.5. The number of carbonyl (C=O) groups excluding carboxylic acids is 1. The third-order valence-electron chi connectivity index (χ3n) is 1.93. The van der Waals surface area contributed by atoms with Crippen LogP contribution in [0.2, 0.25) is 0 Å². The first kappa shape index (κ1) is 15.9. The molecule has 0 aliphatic carbocycles. The highest BCUT2D eigenvalue weighted by molar-refractivity contribution is 7.80. The molecule has 0 saturated carbocycles. The van der Waals surface area contributed by atoms with Gasteiger partial charge < -0.3 is 14.8 Å². The molecule has 0 bridgehead atoms. The normalized spacial score (nSPS) is 12.7. The molecule has 0 aliphatic heterocycles. The van der Waals surface area contributed by atoms with E-state index in [4.69, 9.17) is 9.47 Å². The predicted octanol–water partition coefficient (Wildman–Crippen LogP) is 1.25. The minimum Gasteiger partial charge on any atom is -0.379 e. The average molecular weight is 249 g/mol. The minimum absolute atomic E-state index is 0.131. The van der Waals surface area contributed by atoms with Gasteiger partial charge in [-0.15, -0.1) is 0 Å². The molecule has 0 fully saturated rings. The summed E-state index contributed by atoms with van der Waals surface area (Å²) in [4.78, 5) is 10.9. The zero-order chi connectivity index (χ0) is 12.2. The number of hydrogen-bond acceptors (Lipinski definition) is 5. The van der Waals surface area contributed by atoms with Crippen LogP contribution in [0.4, 0.5) is 0 Å². The first-order valence-electron chi connectivity index (χ1n) is 5.75. The van der Waals surface area contributed by atoms with Gasteiger partial charge >= 0.3 is 0 Å². The molecule has 0 rings (SSSR count). The maximum atomic E-state index is 10.9. The van der Waals surface area contributed by atoms with Crippen LogP contribution in [-0.4, -0.2) is 44.1 Å². The zero-order valence-corrected chi connectivity index (χ0v) is 11.1. The van der Waals surface area contributed by atoms with Crippen LogP contribution in [0.1, 0.15) is 26.7 Å². The van der Waals surface area contributed by atoms with Gasteiger partial charge in [0, 0.05) is 18.4 Å². The van der Waals surface area contributed by atoms with Crippen LogP contribution < -0.4 is 5.32 Å². The largest absolute Gasteiger partial charge is 0.379 e. The first-order chi connectivity index (χ1) is 7.66. The number of rotatable bonds is 11. The molecule has 0 aromatic carbocycles. The van der Waals surface area contributed by atoms with Gasteiger partial charge in [-0.05, 0) is 19.9 Å². The maximum absolute atomic E-state index is 10.9. The molecule has 4 nitrogen and oxygen atoms in total. The Morgan fingerprint density at radius 3 is 2.62 bits per heavy atom. The molecule has 16 heavy (non-hydrogen) atoms. The Hall–Kier alpha value is -0.100. The van der Waals surface area contributed by atoms with Crippen molar-refractivity contribution in [1.29, 1.82) is 0 Å². The van der Waals surface area contributed by atoms with Crippen molar-refractivity contribution in [3.05, 3.63) is 0 Å². The first-order valence-corrected chi connectivity index (χ1v) is 6.27. The summed E-state index contributed by atoms with van der Waals surface area (Å²) in [6, 6.07) is 0. The Kier molecular flexibility index (Phi) is 11.3. The van der Waals surface area contributed by atoms with Gasteiger partial charge in [0.25, 0.3) is 0 Å². The number of ether oxygens (including phenoxy) is 2. The molecular weight excluding hydrogens is 226 g/mol. The summed E-state index contributed by atoms with van der Waals surface area (Å²) in [5.41, 5.74) is 0. The van der Waals surface area contributed by atoms with Crippen molar-refractivity contribution in [3.63, 3.8) is 0 Å². The van der Waals surface area contributed by atoms with Crippen molar-refractivity contribution in [3.8, 4) is 0 Å². The van der Waals surface area contributed by atoms with E-state index in [1.54, 1.807) is 0 Å². The monoisotopic (exact) mass is 249 g/mol. The van der Waals surface area contributed by atoms with Crippen LogP contribution in [0.5, 0.6) is 0 Å². The van der Waals surface area contributed by atoms with E-state index in [2.05, 4.69) is 17.9 Å². The molecule has 0 saturated heterocycles. The van der Waals surface area contributed by atoms with E-state index >= 15 is 0 Å². The van der Waals surface area contributed by atoms with E-state index < -0.39 is 0 Å². The second kappa shape index (κ2) is 11.4. The van der Waals surface area contributed by atoms with Crippen LogP contribution in [0.3, 0.4) is 0 Å². The van der Waals surface area contributed by atoms with Crippen molar-refractivity contribution >= 4 is 18.4 Å². The van der Waals surface area contributed by atoms with Gasteiger partial charge in [-0.2, -0.15) is 12.6 Å². The predicted molar refractivity (Wildman–Crippen MR) is 68.0 cm³/mol. The molecule has 0 spiro atoms. The number of carbonyl (C=O) groups is 1. The lowest BCUT2D eigenvalue weighted by Gasteiger charge is -2.07. The highest BCUT2D eigenvalue weighted by Gasteiger charge is 1.97. The lowest BCUT2D eigenvalue weighted by molar-refractivity contribution is -0.123. The molecule has 5 heteroatoms. The molecule has 0 heterocycles. The van der Waals surface area contributed by atoms with Crippen molar-refractivity contribution in [2.75, 3.05) is 33.0 Å². The number of ketones is 1. The Morgan fingerprint density at radius 1 is 1.31 bits per heavy atom. The molecule has 0 aromatic rings. The van der Waals surface area contributed by atoms with Gasteiger partial charge in [-0.1, -0.05) is 6.92 Å². The molecule has 0 aliphatic rings. The van der Waals surface area contributed by atoms with E-state index in [-0.39, 0.29) is 17.8 Å². The molecule has 1 atom stereocenters. The summed E-state index contributed by atoms with van der Waals surface area (Å²) in [5.74, 6) is 0.131. The smallest absolute Gasteiger partial charge is 0.158 e. The summed E-state index contributed by atoms with van der Waals surface area (Å²) >= 11 is 4.19. The topological polar surface area (TPSA) is 47.6 Å². The van der Waals surface area contributed by atoms with Crippen LogP contribution >= 0.6 is 12.6 Å². The SMILES string of the molecule is CCC(=O)COCCOCCCNC(C)S. The van der Waals surface area contributed by atoms with E-state index in [0.29, 0.717) is 26.2 Å². The van der Waals surface area contributed by atoms with E-state index in [0.717, 1.165) is 13.0 Å². The van der Waals surface area contributed by atoms with E-state index in [1.807, 2.05) is 13.8 Å². The van der Waals surface area contributed by atoms with Crippen LogP contribution in [-0.2, 0) is 14.3 Å². The second-order valence-electron chi connectivity index (χ2n) is 3.54. The lowest BCUT2D eigenvalue weighted by Crippen LogP contribution is -2.23. The van der Waals surface area contributed by atoms with Gasteiger partial charge in [0.15, 0.2) is 5.78 Å². The number of nitrogens with one attached hydrogen (secondary N) is 1. The van der Waals surface area contributed by atoms with Gasteiger partial charge in [-0.25, -0.2) is 0 Å².